The number of nitrogens with one attached hydrogen (secondary N) is 1. The second-order valence-electron chi connectivity index (χ2n) is 7.06. The van der Waals surface area contributed by atoms with Crippen LogP contribution < -0.4 is 11.1 Å². The van der Waals surface area contributed by atoms with Crippen LogP contribution in [-0.4, -0.2) is 47.1 Å². The predicted molar refractivity (Wildman–Crippen MR) is 116 cm³/mol. The first-order valence-corrected chi connectivity index (χ1v) is 10.7. The van der Waals surface area contributed by atoms with Gasteiger partial charge in [-0.05, 0) is 44.4 Å². The van der Waals surface area contributed by atoms with E-state index in [9.17, 15) is 14.4 Å². The standard InChI is InChI=1S/C21H29N3O4S/c1-14(23-20(26)16(7-6-10-22)13-29-15(2)25)11-17-12-24(21(27)28-3)19-9-5-4-8-18(17)19/h4-5,8-9,12,14,16H,6-7,10-11,13,22H2,1-3H3,(H,23,26)/t14-,16?/m1/s1. The Balaban J connectivity index is 2.10. The Bertz CT molecular complexity index is 865. The number of fused-ring (bicyclic) bond motifs is 1. The lowest BCUT2D eigenvalue weighted by atomic mass is 10.0. The lowest BCUT2D eigenvalue weighted by molar-refractivity contribution is -0.125. The van der Waals surface area contributed by atoms with Gasteiger partial charge in [-0.2, -0.15) is 0 Å². The average molecular weight is 420 g/mol. The third kappa shape index (κ3) is 6.33. The minimum absolute atomic E-state index is 0.000725. The van der Waals surface area contributed by atoms with E-state index in [-0.39, 0.29) is 23.0 Å². The smallest absolute Gasteiger partial charge is 0.418 e. The molecule has 1 heterocycles. The first kappa shape index (κ1) is 23.0. The van der Waals surface area contributed by atoms with E-state index < -0.39 is 6.09 Å². The first-order valence-electron chi connectivity index (χ1n) is 9.68. The molecule has 1 aromatic carbocycles. The van der Waals surface area contributed by atoms with Gasteiger partial charge in [0.05, 0.1) is 12.6 Å². The summed E-state index contributed by atoms with van der Waals surface area (Å²) in [6.07, 6.45) is 3.26. The highest BCUT2D eigenvalue weighted by molar-refractivity contribution is 8.13. The molecule has 0 radical (unpaired) electrons. The van der Waals surface area contributed by atoms with Gasteiger partial charge in [0.1, 0.15) is 0 Å². The van der Waals surface area contributed by atoms with E-state index in [2.05, 4.69) is 5.32 Å². The van der Waals surface area contributed by atoms with E-state index in [0.29, 0.717) is 25.1 Å². The summed E-state index contributed by atoms with van der Waals surface area (Å²) in [6.45, 7) is 3.94. The molecule has 0 aliphatic carbocycles. The average Bonchev–Trinajstić information content (AvgIpc) is 3.05. The first-order chi connectivity index (χ1) is 13.9. The minimum Gasteiger partial charge on any atom is -0.452 e. The summed E-state index contributed by atoms with van der Waals surface area (Å²) in [5, 5.41) is 4.00. The second kappa shape index (κ2) is 11.0. The lowest BCUT2D eigenvalue weighted by Gasteiger charge is -2.19. The fourth-order valence-corrected chi connectivity index (χ4v) is 4.03. The Labute approximate surface area is 175 Å². The maximum atomic E-state index is 12.7. The molecule has 0 fully saturated rings. The molecule has 1 unspecified atom stereocenters. The zero-order chi connectivity index (χ0) is 21.4. The van der Waals surface area contributed by atoms with Gasteiger partial charge in [0.15, 0.2) is 5.12 Å². The number of benzene rings is 1. The number of nitrogens with zero attached hydrogens (tertiary/aromatic N) is 1. The number of thioether (sulfide) groups is 1. The molecule has 3 N–H and O–H groups in total. The number of rotatable bonds is 9. The summed E-state index contributed by atoms with van der Waals surface area (Å²) >= 11 is 1.16. The van der Waals surface area contributed by atoms with Crippen molar-refractivity contribution in [3.8, 4) is 0 Å². The van der Waals surface area contributed by atoms with Crippen molar-refractivity contribution in [1.82, 2.24) is 9.88 Å². The fraction of sp³-hybridized carbons (Fsp3) is 0.476. The van der Waals surface area contributed by atoms with Crippen molar-refractivity contribution in [1.29, 1.82) is 0 Å². The topological polar surface area (TPSA) is 103 Å². The molecular formula is C21H29N3O4S. The molecule has 2 rings (SSSR count). The van der Waals surface area contributed by atoms with E-state index in [1.165, 1.54) is 18.6 Å². The summed E-state index contributed by atoms with van der Waals surface area (Å²) in [7, 11) is 1.35. The summed E-state index contributed by atoms with van der Waals surface area (Å²) < 4.78 is 6.34. The number of amides is 1. The van der Waals surface area contributed by atoms with Crippen molar-refractivity contribution in [3.05, 3.63) is 36.0 Å². The Hall–Kier alpha value is -2.32. The van der Waals surface area contributed by atoms with Gasteiger partial charge in [0.2, 0.25) is 5.91 Å². The fourth-order valence-electron chi connectivity index (χ4n) is 3.28. The molecule has 0 saturated carbocycles. The largest absolute Gasteiger partial charge is 0.452 e. The highest BCUT2D eigenvalue weighted by Gasteiger charge is 2.22. The van der Waals surface area contributed by atoms with E-state index >= 15 is 0 Å². The van der Waals surface area contributed by atoms with E-state index in [1.54, 1.807) is 6.20 Å². The number of hydrogen-bond donors (Lipinski definition) is 2. The van der Waals surface area contributed by atoms with Crippen molar-refractivity contribution in [2.24, 2.45) is 11.7 Å². The van der Waals surface area contributed by atoms with Gasteiger partial charge in [0.25, 0.3) is 0 Å². The Kier molecular flexibility index (Phi) is 8.72. The number of ether oxygens (including phenoxy) is 1. The monoisotopic (exact) mass is 419 g/mol. The Morgan fingerprint density at radius 2 is 2.00 bits per heavy atom. The van der Waals surface area contributed by atoms with Gasteiger partial charge in [-0.25, -0.2) is 4.79 Å². The summed E-state index contributed by atoms with van der Waals surface area (Å²) in [5.74, 6) is 0.123. The molecule has 1 amide bonds. The van der Waals surface area contributed by atoms with E-state index in [0.717, 1.165) is 34.6 Å². The van der Waals surface area contributed by atoms with Crippen LogP contribution in [0.3, 0.4) is 0 Å². The van der Waals surface area contributed by atoms with Crippen LogP contribution in [0.4, 0.5) is 4.79 Å². The van der Waals surface area contributed by atoms with Crippen LogP contribution in [0.15, 0.2) is 30.5 Å². The molecule has 0 aliphatic rings. The lowest BCUT2D eigenvalue weighted by Crippen LogP contribution is -2.39. The number of methoxy groups -OCH3 is 1. The van der Waals surface area contributed by atoms with Gasteiger partial charge in [-0.3, -0.25) is 14.2 Å². The van der Waals surface area contributed by atoms with Crippen LogP contribution in [0.5, 0.6) is 0 Å². The third-order valence-electron chi connectivity index (χ3n) is 4.70. The molecule has 2 aromatic rings. The van der Waals surface area contributed by atoms with Crippen molar-refractivity contribution >= 4 is 39.8 Å². The summed E-state index contributed by atoms with van der Waals surface area (Å²) in [5.41, 5.74) is 7.31. The zero-order valence-corrected chi connectivity index (χ0v) is 18.0. The number of aromatic nitrogens is 1. The maximum Gasteiger partial charge on any atom is 0.418 e. The van der Waals surface area contributed by atoms with Gasteiger partial charge in [0, 0.05) is 36.2 Å². The van der Waals surface area contributed by atoms with Crippen molar-refractivity contribution in [3.63, 3.8) is 0 Å². The highest BCUT2D eigenvalue weighted by Crippen LogP contribution is 2.23. The molecule has 1 aromatic heterocycles. The van der Waals surface area contributed by atoms with Crippen LogP contribution in [0, 0.1) is 5.92 Å². The van der Waals surface area contributed by atoms with E-state index in [4.69, 9.17) is 10.5 Å². The molecule has 0 aliphatic heterocycles. The highest BCUT2D eigenvalue weighted by atomic mass is 32.2. The molecule has 7 nitrogen and oxygen atoms in total. The van der Waals surface area contributed by atoms with Crippen molar-refractivity contribution in [2.45, 2.75) is 39.2 Å². The SMILES string of the molecule is COC(=O)n1cc(C[C@@H](C)NC(=O)C(CCCN)CSC(C)=O)c2ccccc21. The Morgan fingerprint density at radius 1 is 1.28 bits per heavy atom. The number of carbonyl (C=O) groups is 3. The quantitative estimate of drug-likeness (QED) is 0.648. The van der Waals surface area contributed by atoms with Gasteiger partial charge in [-0.15, -0.1) is 0 Å². The number of hydrogen-bond acceptors (Lipinski definition) is 6. The maximum absolute atomic E-state index is 12.7. The van der Waals surface area contributed by atoms with Gasteiger partial charge in [-0.1, -0.05) is 30.0 Å². The van der Waals surface area contributed by atoms with Crippen molar-refractivity contribution in [2.75, 3.05) is 19.4 Å². The molecule has 158 valence electrons. The third-order valence-corrected chi connectivity index (χ3v) is 5.67. The predicted octanol–water partition coefficient (Wildman–Crippen LogP) is 2.94. The molecule has 0 spiro atoms. The van der Waals surface area contributed by atoms with Crippen LogP contribution in [0.2, 0.25) is 0 Å². The Morgan fingerprint density at radius 3 is 2.66 bits per heavy atom. The number of para-hydroxylation sites is 1. The van der Waals surface area contributed by atoms with Crippen LogP contribution in [0.25, 0.3) is 10.9 Å². The summed E-state index contributed by atoms with van der Waals surface area (Å²) in [6, 6.07) is 7.46. The molecule has 2 atom stereocenters. The van der Waals surface area contributed by atoms with Gasteiger partial charge < -0.3 is 15.8 Å². The van der Waals surface area contributed by atoms with Crippen LogP contribution >= 0.6 is 11.8 Å². The molecule has 0 saturated heterocycles. The van der Waals surface area contributed by atoms with Crippen LogP contribution in [-0.2, 0) is 20.7 Å². The van der Waals surface area contributed by atoms with Gasteiger partial charge >= 0.3 is 6.09 Å². The molecule has 8 heteroatoms. The molecular weight excluding hydrogens is 390 g/mol. The molecule has 0 bridgehead atoms. The van der Waals surface area contributed by atoms with Crippen LogP contribution in [0.1, 0.15) is 32.3 Å². The molecule has 29 heavy (non-hydrogen) atoms. The minimum atomic E-state index is -0.452. The normalized spacial score (nSPS) is 13.1. The number of carbonyl (C=O) groups excluding carboxylic acids is 3. The zero-order valence-electron chi connectivity index (χ0n) is 17.1. The summed E-state index contributed by atoms with van der Waals surface area (Å²) in [4.78, 5) is 36.1. The van der Waals surface area contributed by atoms with Crippen molar-refractivity contribution < 1.29 is 19.1 Å². The van der Waals surface area contributed by atoms with E-state index in [1.807, 2.05) is 31.2 Å². The second-order valence-corrected chi connectivity index (χ2v) is 8.25. The number of nitrogens with two attached hydrogens (primary N) is 1.